The largest absolute Gasteiger partial charge is 0.0887 e. The normalized spacial score (nSPS) is 13.8. The predicted octanol–water partition coefficient (Wildman–Crippen LogP) is 4.09. The molecule has 0 aliphatic rings. The molecule has 0 bridgehead atoms. The molecule has 0 saturated carbocycles. The van der Waals surface area contributed by atoms with Gasteiger partial charge in [0.15, 0.2) is 0 Å². The van der Waals surface area contributed by atoms with E-state index in [1.54, 1.807) is 0 Å². The second-order valence-corrected chi connectivity index (χ2v) is 3.12. The highest BCUT2D eigenvalue weighted by Crippen LogP contribution is 2.10. The van der Waals surface area contributed by atoms with Gasteiger partial charge in [-0.05, 0) is 47.0 Å². The fraction of sp³-hybridized carbons (Fsp3) is 0.636. The number of rotatable bonds is 4. The monoisotopic (exact) mass is 152 g/mol. The molecular formula is C11H20. The minimum atomic E-state index is 1.25. The molecule has 0 aromatic heterocycles. The molecule has 0 saturated heterocycles. The summed E-state index contributed by atoms with van der Waals surface area (Å²) in [6, 6.07) is 0. The second-order valence-electron chi connectivity index (χ2n) is 3.12. The van der Waals surface area contributed by atoms with Crippen LogP contribution in [0.4, 0.5) is 0 Å². The van der Waals surface area contributed by atoms with Gasteiger partial charge >= 0.3 is 0 Å². The van der Waals surface area contributed by atoms with Crippen LogP contribution in [0.2, 0.25) is 0 Å². The van der Waals surface area contributed by atoms with Crippen molar-refractivity contribution in [3.8, 4) is 0 Å². The van der Waals surface area contributed by atoms with E-state index in [1.165, 1.54) is 30.4 Å². The zero-order valence-electron chi connectivity index (χ0n) is 8.28. The summed E-state index contributed by atoms with van der Waals surface area (Å²) in [6.45, 7) is 8.62. The average Bonchev–Trinajstić information content (AvgIpc) is 2.04. The Morgan fingerprint density at radius 1 is 0.909 bits per heavy atom. The molecule has 0 rings (SSSR count). The van der Waals surface area contributed by atoms with Crippen LogP contribution >= 0.6 is 0 Å². The van der Waals surface area contributed by atoms with E-state index in [2.05, 4.69) is 39.8 Å². The lowest BCUT2D eigenvalue weighted by molar-refractivity contribution is 0.801. The van der Waals surface area contributed by atoms with E-state index in [9.17, 15) is 0 Å². The van der Waals surface area contributed by atoms with Crippen LogP contribution in [0.1, 0.15) is 47.0 Å². The summed E-state index contributed by atoms with van der Waals surface area (Å²) in [4.78, 5) is 0. The number of hydrogen-bond acceptors (Lipinski definition) is 0. The molecule has 0 heterocycles. The van der Waals surface area contributed by atoms with Crippen molar-refractivity contribution in [1.82, 2.24) is 0 Å². The molecule has 11 heavy (non-hydrogen) atoms. The van der Waals surface area contributed by atoms with Crippen molar-refractivity contribution in [3.63, 3.8) is 0 Å². The Morgan fingerprint density at radius 2 is 1.27 bits per heavy atom. The fourth-order valence-corrected chi connectivity index (χ4v) is 0.935. The molecule has 0 aliphatic heterocycles. The van der Waals surface area contributed by atoms with Crippen molar-refractivity contribution in [2.75, 3.05) is 0 Å². The molecular weight excluding hydrogens is 132 g/mol. The van der Waals surface area contributed by atoms with Gasteiger partial charge in [-0.15, -0.1) is 0 Å². The van der Waals surface area contributed by atoms with Gasteiger partial charge in [0.25, 0.3) is 0 Å². The van der Waals surface area contributed by atoms with Crippen molar-refractivity contribution in [2.45, 2.75) is 47.0 Å². The van der Waals surface area contributed by atoms with Crippen LogP contribution in [-0.4, -0.2) is 0 Å². The highest BCUT2D eigenvalue weighted by atomic mass is 14.0. The maximum absolute atomic E-state index is 2.20. The Labute approximate surface area is 71.0 Å². The smallest absolute Gasteiger partial charge is 0.0320 e. The van der Waals surface area contributed by atoms with Crippen LogP contribution in [0.5, 0.6) is 0 Å². The first-order valence-electron chi connectivity index (χ1n) is 4.44. The molecule has 0 spiro atoms. The Kier molecular flexibility index (Phi) is 5.91. The summed E-state index contributed by atoms with van der Waals surface area (Å²) in [5, 5.41) is 0. The third-order valence-corrected chi connectivity index (χ3v) is 2.13. The van der Waals surface area contributed by atoms with Gasteiger partial charge in [-0.1, -0.05) is 23.3 Å². The van der Waals surface area contributed by atoms with Gasteiger partial charge in [0.1, 0.15) is 0 Å². The van der Waals surface area contributed by atoms with Gasteiger partial charge in [0.2, 0.25) is 0 Å². The van der Waals surface area contributed by atoms with Crippen molar-refractivity contribution < 1.29 is 0 Å². The SMILES string of the molecule is CC=C(C)CCCC(C)=CC. The lowest BCUT2D eigenvalue weighted by Crippen LogP contribution is -1.80. The van der Waals surface area contributed by atoms with Crippen molar-refractivity contribution >= 4 is 0 Å². The maximum Gasteiger partial charge on any atom is -0.0320 e. The van der Waals surface area contributed by atoms with E-state index in [-0.39, 0.29) is 0 Å². The van der Waals surface area contributed by atoms with Gasteiger partial charge < -0.3 is 0 Å². The molecule has 0 amide bonds. The summed E-state index contributed by atoms with van der Waals surface area (Å²) < 4.78 is 0. The average molecular weight is 152 g/mol. The molecule has 0 atom stereocenters. The van der Waals surface area contributed by atoms with E-state index >= 15 is 0 Å². The van der Waals surface area contributed by atoms with Crippen molar-refractivity contribution in [3.05, 3.63) is 23.3 Å². The predicted molar refractivity (Wildman–Crippen MR) is 52.7 cm³/mol. The summed E-state index contributed by atoms with van der Waals surface area (Å²) in [5.74, 6) is 0. The molecule has 0 nitrogen and oxygen atoms in total. The molecule has 0 unspecified atom stereocenters. The molecule has 0 N–H and O–H groups in total. The minimum absolute atomic E-state index is 1.25. The third kappa shape index (κ3) is 5.90. The zero-order chi connectivity index (χ0) is 8.69. The first kappa shape index (κ1) is 10.5. The minimum Gasteiger partial charge on any atom is -0.0887 e. The molecule has 0 aliphatic carbocycles. The summed E-state index contributed by atoms with van der Waals surface area (Å²) >= 11 is 0. The van der Waals surface area contributed by atoms with Crippen LogP contribution in [0.3, 0.4) is 0 Å². The van der Waals surface area contributed by atoms with Crippen LogP contribution in [-0.2, 0) is 0 Å². The Hall–Kier alpha value is -0.520. The summed E-state index contributed by atoms with van der Waals surface area (Å²) in [5.41, 5.74) is 3.02. The summed E-state index contributed by atoms with van der Waals surface area (Å²) in [7, 11) is 0. The standard InChI is InChI=1S/C11H20/c1-5-10(3)8-7-9-11(4)6-2/h5-6H,7-9H2,1-4H3. The first-order valence-corrected chi connectivity index (χ1v) is 4.44. The second kappa shape index (κ2) is 6.21. The van der Waals surface area contributed by atoms with Gasteiger partial charge in [-0.2, -0.15) is 0 Å². The number of hydrogen-bond donors (Lipinski definition) is 0. The van der Waals surface area contributed by atoms with Gasteiger partial charge in [0, 0.05) is 0 Å². The van der Waals surface area contributed by atoms with E-state index in [0.717, 1.165) is 0 Å². The van der Waals surface area contributed by atoms with Gasteiger partial charge in [-0.3, -0.25) is 0 Å². The molecule has 0 aromatic rings. The van der Waals surface area contributed by atoms with E-state index in [0.29, 0.717) is 0 Å². The molecule has 64 valence electrons. The quantitative estimate of drug-likeness (QED) is 0.532. The first-order chi connectivity index (χ1) is 5.20. The molecule has 0 aromatic carbocycles. The van der Waals surface area contributed by atoms with E-state index in [4.69, 9.17) is 0 Å². The van der Waals surface area contributed by atoms with E-state index < -0.39 is 0 Å². The fourth-order valence-electron chi connectivity index (χ4n) is 0.935. The van der Waals surface area contributed by atoms with Crippen molar-refractivity contribution in [1.29, 1.82) is 0 Å². The van der Waals surface area contributed by atoms with Crippen LogP contribution in [0, 0.1) is 0 Å². The molecule has 0 heteroatoms. The Morgan fingerprint density at radius 3 is 1.55 bits per heavy atom. The van der Waals surface area contributed by atoms with Crippen molar-refractivity contribution in [2.24, 2.45) is 0 Å². The topological polar surface area (TPSA) is 0 Å². The van der Waals surface area contributed by atoms with Gasteiger partial charge in [-0.25, -0.2) is 0 Å². The van der Waals surface area contributed by atoms with Crippen LogP contribution in [0.25, 0.3) is 0 Å². The maximum atomic E-state index is 2.20. The Bertz CT molecular complexity index is 131. The highest BCUT2D eigenvalue weighted by Gasteiger charge is 1.90. The van der Waals surface area contributed by atoms with Gasteiger partial charge in [0.05, 0.1) is 0 Å². The lowest BCUT2D eigenvalue weighted by atomic mass is 10.1. The Balaban J connectivity index is 3.43. The zero-order valence-corrected chi connectivity index (χ0v) is 8.28. The molecule has 0 radical (unpaired) electrons. The lowest BCUT2D eigenvalue weighted by Gasteiger charge is -2.00. The molecule has 0 fully saturated rings. The third-order valence-electron chi connectivity index (χ3n) is 2.13. The van der Waals surface area contributed by atoms with E-state index in [1.807, 2.05) is 0 Å². The van der Waals surface area contributed by atoms with Crippen LogP contribution < -0.4 is 0 Å². The number of allylic oxidation sites excluding steroid dienone is 4. The summed E-state index contributed by atoms with van der Waals surface area (Å²) in [6.07, 6.45) is 8.20. The highest BCUT2D eigenvalue weighted by molar-refractivity contribution is 4.99. The van der Waals surface area contributed by atoms with Crippen LogP contribution in [0.15, 0.2) is 23.3 Å².